The van der Waals surface area contributed by atoms with E-state index in [1.807, 2.05) is 0 Å². The number of hydrogen-bond acceptors (Lipinski definition) is 8. The number of halogens is 3. The molecule has 3 aromatic rings. The number of hydrogen-bond donors (Lipinski definition) is 1. The van der Waals surface area contributed by atoms with E-state index in [9.17, 15) is 22.8 Å². The van der Waals surface area contributed by atoms with Gasteiger partial charge in [0.2, 0.25) is 5.95 Å². The summed E-state index contributed by atoms with van der Waals surface area (Å²) in [5.74, 6) is -0.0396. The Bertz CT molecular complexity index is 1460. The van der Waals surface area contributed by atoms with Gasteiger partial charge in [0.05, 0.1) is 5.69 Å². The van der Waals surface area contributed by atoms with Gasteiger partial charge in [0.25, 0.3) is 0 Å². The van der Waals surface area contributed by atoms with Gasteiger partial charge in [0.1, 0.15) is 22.4 Å². The second kappa shape index (κ2) is 10.8. The number of aromatic nitrogens is 4. The number of alkyl halides is 3. The van der Waals surface area contributed by atoms with E-state index in [1.165, 1.54) is 6.20 Å². The summed E-state index contributed by atoms with van der Waals surface area (Å²) in [7, 11) is 0. The molecule has 0 bridgehead atoms. The van der Waals surface area contributed by atoms with Crippen LogP contribution in [0.4, 0.5) is 28.7 Å². The van der Waals surface area contributed by atoms with Crippen molar-refractivity contribution in [3.8, 4) is 11.3 Å². The van der Waals surface area contributed by atoms with Gasteiger partial charge in [0.15, 0.2) is 0 Å². The number of piperidine rings is 1. The van der Waals surface area contributed by atoms with Gasteiger partial charge in [-0.05, 0) is 73.4 Å². The number of pyridine rings is 1. The van der Waals surface area contributed by atoms with Crippen molar-refractivity contribution in [1.29, 1.82) is 0 Å². The number of aryl methyl sites for hydroxylation is 1. The van der Waals surface area contributed by atoms with Gasteiger partial charge in [0, 0.05) is 48.2 Å². The second-order valence-corrected chi connectivity index (χ2v) is 12.1. The fourth-order valence-corrected chi connectivity index (χ4v) is 4.47. The van der Waals surface area contributed by atoms with Crippen LogP contribution in [-0.4, -0.2) is 66.9 Å². The molecule has 10 nitrogen and oxygen atoms in total. The van der Waals surface area contributed by atoms with Gasteiger partial charge in [-0.25, -0.2) is 29.1 Å². The molecule has 0 unspecified atom stereocenters. The minimum absolute atomic E-state index is 0.0396. The summed E-state index contributed by atoms with van der Waals surface area (Å²) < 4.78 is 54.6. The molecule has 1 fully saturated rings. The Labute approximate surface area is 236 Å². The maximum Gasteiger partial charge on any atom is 0.420 e. The molecule has 0 aliphatic carbocycles. The molecule has 0 saturated carbocycles. The Hall–Kier alpha value is -3.90. The van der Waals surface area contributed by atoms with E-state index < -0.39 is 40.8 Å². The maximum atomic E-state index is 14.2. The van der Waals surface area contributed by atoms with Crippen LogP contribution in [0.1, 0.15) is 65.6 Å². The van der Waals surface area contributed by atoms with Gasteiger partial charge in [-0.1, -0.05) is 0 Å². The number of fused-ring (bicyclic) bond motifs is 1. The van der Waals surface area contributed by atoms with Crippen LogP contribution < -0.4 is 5.32 Å². The average Bonchev–Trinajstić information content (AvgIpc) is 3.20. The smallest absolute Gasteiger partial charge is 0.420 e. The lowest BCUT2D eigenvalue weighted by molar-refractivity contribution is -0.137. The van der Waals surface area contributed by atoms with Crippen molar-refractivity contribution in [1.82, 2.24) is 24.4 Å². The summed E-state index contributed by atoms with van der Waals surface area (Å²) in [6.45, 7) is 12.9. The number of carbonyl (C=O) groups excluding carboxylic acids is 2. The molecule has 1 N–H and O–H groups in total. The highest BCUT2D eigenvalue weighted by Gasteiger charge is 2.37. The van der Waals surface area contributed by atoms with E-state index in [0.717, 1.165) is 10.8 Å². The summed E-state index contributed by atoms with van der Waals surface area (Å²) in [6.07, 6.45) is -2.72. The molecule has 13 heteroatoms. The zero-order valence-corrected chi connectivity index (χ0v) is 24.2. The third-order valence-corrected chi connectivity index (χ3v) is 6.14. The lowest BCUT2D eigenvalue weighted by Gasteiger charge is -2.34. The van der Waals surface area contributed by atoms with Crippen molar-refractivity contribution in [3.63, 3.8) is 0 Å². The van der Waals surface area contributed by atoms with Gasteiger partial charge < -0.3 is 19.7 Å². The minimum atomic E-state index is -4.77. The van der Waals surface area contributed by atoms with Crippen LogP contribution in [-0.2, 0) is 15.7 Å². The number of likely N-dealkylation sites (tertiary alicyclic amines) is 1. The molecule has 4 heterocycles. The lowest BCUT2D eigenvalue weighted by Crippen LogP contribution is -2.47. The summed E-state index contributed by atoms with van der Waals surface area (Å²) in [6, 6.07) is 2.93. The Morgan fingerprint density at radius 2 is 1.66 bits per heavy atom. The normalized spacial score (nSPS) is 16.5. The summed E-state index contributed by atoms with van der Waals surface area (Å²) in [5, 5.41) is 3.38. The van der Waals surface area contributed by atoms with E-state index in [0.29, 0.717) is 30.5 Å². The topological polar surface area (TPSA) is 111 Å². The molecule has 1 saturated heterocycles. The number of carbonyl (C=O) groups is 2. The van der Waals surface area contributed by atoms with Crippen molar-refractivity contribution in [2.45, 2.75) is 84.7 Å². The molecule has 0 aromatic carbocycles. The summed E-state index contributed by atoms with van der Waals surface area (Å²) in [5.41, 5.74) is -2.20. The highest BCUT2D eigenvalue weighted by atomic mass is 19.4. The third kappa shape index (κ3) is 7.25. The number of anilines is 1. The van der Waals surface area contributed by atoms with Crippen LogP contribution in [0.2, 0.25) is 0 Å². The van der Waals surface area contributed by atoms with E-state index in [1.54, 1.807) is 65.5 Å². The first-order valence-corrected chi connectivity index (χ1v) is 13.3. The molecular weight excluding hydrogens is 541 g/mol. The van der Waals surface area contributed by atoms with Crippen LogP contribution >= 0.6 is 0 Å². The molecule has 222 valence electrons. The molecule has 0 radical (unpaired) electrons. The van der Waals surface area contributed by atoms with Crippen LogP contribution in [0.3, 0.4) is 0 Å². The number of amides is 1. The number of nitrogens with one attached hydrogen (secondary N) is 1. The molecule has 41 heavy (non-hydrogen) atoms. The number of rotatable bonds is 3. The molecule has 4 rings (SSSR count). The number of nitrogens with zero attached hydrogens (tertiary/aromatic N) is 5. The van der Waals surface area contributed by atoms with Gasteiger partial charge in [-0.3, -0.25) is 0 Å². The predicted octanol–water partition coefficient (Wildman–Crippen LogP) is 6.42. The summed E-state index contributed by atoms with van der Waals surface area (Å²) >= 11 is 0. The maximum absolute atomic E-state index is 14.2. The minimum Gasteiger partial charge on any atom is -0.444 e. The molecule has 0 spiro atoms. The van der Waals surface area contributed by atoms with Crippen LogP contribution in [0, 0.1) is 6.92 Å². The standard InChI is InChI=1S/C28H35F3N6O4/c1-16-10-11-18-19(15-37(22(18)33-16)25(39)41-27(5,6)7)21-20(28(29,30)31)13-32-23(35-21)34-17-9-8-12-36(14-17)24(38)40-26(2,3)4/h10-11,13,15,17H,8-9,12,14H2,1-7H3,(H,32,34,35)/t17-/m0/s1. The first-order valence-electron chi connectivity index (χ1n) is 13.3. The van der Waals surface area contributed by atoms with Crippen molar-refractivity contribution >= 4 is 29.2 Å². The Morgan fingerprint density at radius 1 is 1.00 bits per heavy atom. The van der Waals surface area contributed by atoms with E-state index >= 15 is 0 Å². The first-order chi connectivity index (χ1) is 18.9. The second-order valence-electron chi connectivity index (χ2n) is 12.1. The molecule has 1 atom stereocenters. The fourth-order valence-electron chi connectivity index (χ4n) is 4.47. The van der Waals surface area contributed by atoms with Crippen LogP contribution in [0.15, 0.2) is 24.5 Å². The Balaban J connectivity index is 1.73. The molecule has 3 aromatic heterocycles. The SMILES string of the molecule is Cc1ccc2c(-c3nc(N[C@H]4CCCN(C(=O)OC(C)(C)C)C4)ncc3C(F)(F)F)cn(C(=O)OC(C)(C)C)c2n1. The van der Waals surface area contributed by atoms with Crippen LogP contribution in [0.25, 0.3) is 22.3 Å². The van der Waals surface area contributed by atoms with Gasteiger partial charge in [-0.2, -0.15) is 13.2 Å². The molecular formula is C28H35F3N6O4. The van der Waals surface area contributed by atoms with E-state index in [-0.39, 0.29) is 29.7 Å². The molecule has 1 aliphatic heterocycles. The van der Waals surface area contributed by atoms with Crippen molar-refractivity contribution in [2.75, 3.05) is 18.4 Å². The highest BCUT2D eigenvalue weighted by Crippen LogP contribution is 2.39. The third-order valence-electron chi connectivity index (χ3n) is 6.14. The monoisotopic (exact) mass is 576 g/mol. The highest BCUT2D eigenvalue weighted by molar-refractivity contribution is 5.98. The van der Waals surface area contributed by atoms with Crippen molar-refractivity contribution in [2.24, 2.45) is 0 Å². The van der Waals surface area contributed by atoms with Crippen molar-refractivity contribution in [3.05, 3.63) is 35.8 Å². The Kier molecular flexibility index (Phi) is 7.94. The van der Waals surface area contributed by atoms with Crippen LogP contribution in [0.5, 0.6) is 0 Å². The van der Waals surface area contributed by atoms with Crippen molar-refractivity contribution < 1.29 is 32.2 Å². The fraction of sp³-hybridized carbons (Fsp3) is 0.536. The number of ether oxygens (including phenoxy) is 2. The largest absolute Gasteiger partial charge is 0.444 e. The molecule has 1 amide bonds. The quantitative estimate of drug-likeness (QED) is 0.381. The zero-order chi connectivity index (χ0) is 30.3. The summed E-state index contributed by atoms with van der Waals surface area (Å²) in [4.78, 5) is 39.8. The van der Waals surface area contributed by atoms with E-state index in [2.05, 4.69) is 20.3 Å². The average molecular weight is 577 g/mol. The molecule has 1 aliphatic rings. The van der Waals surface area contributed by atoms with E-state index in [4.69, 9.17) is 9.47 Å². The lowest BCUT2D eigenvalue weighted by atomic mass is 10.1. The first kappa shape index (κ1) is 30.1. The predicted molar refractivity (Wildman–Crippen MR) is 147 cm³/mol. The van der Waals surface area contributed by atoms with Gasteiger partial charge >= 0.3 is 18.4 Å². The zero-order valence-electron chi connectivity index (χ0n) is 24.2. The Morgan fingerprint density at radius 3 is 2.29 bits per heavy atom. The van der Waals surface area contributed by atoms with Gasteiger partial charge in [-0.15, -0.1) is 0 Å².